The molecular formula is C26H44N2O3. The van der Waals surface area contributed by atoms with Crippen LogP contribution in [0.2, 0.25) is 0 Å². The molecule has 0 aromatic heterocycles. The zero-order valence-electron chi connectivity index (χ0n) is 19.6. The third-order valence-corrected chi connectivity index (χ3v) is 5.67. The molecule has 0 saturated heterocycles. The van der Waals surface area contributed by atoms with E-state index in [-0.39, 0.29) is 5.75 Å². The van der Waals surface area contributed by atoms with E-state index in [0.717, 1.165) is 12.8 Å². The van der Waals surface area contributed by atoms with Gasteiger partial charge in [-0.25, -0.2) is 4.79 Å². The molecule has 5 nitrogen and oxygen atoms in total. The smallest absolute Gasteiger partial charge is 0.321 e. The van der Waals surface area contributed by atoms with Crippen molar-refractivity contribution in [3.8, 4) is 5.75 Å². The van der Waals surface area contributed by atoms with Gasteiger partial charge in [-0.05, 0) is 30.7 Å². The highest BCUT2D eigenvalue weighted by molar-refractivity contribution is 6.04. The first-order chi connectivity index (χ1) is 15.1. The summed E-state index contributed by atoms with van der Waals surface area (Å²) in [5.74, 6) is -0.381. The van der Waals surface area contributed by atoms with Crippen LogP contribution in [0.4, 0.5) is 4.79 Å². The molecule has 5 heteroatoms. The van der Waals surface area contributed by atoms with Crippen molar-refractivity contribution in [2.45, 2.75) is 110 Å². The Morgan fingerprint density at radius 1 is 0.677 bits per heavy atom. The highest BCUT2D eigenvalue weighted by Crippen LogP contribution is 2.13. The van der Waals surface area contributed by atoms with E-state index in [0.29, 0.717) is 12.1 Å². The molecule has 1 aromatic rings. The standard InChI is InChI=1S/C26H44N2O3/c1-2-3-4-5-6-7-8-9-10-11-12-13-14-15-16-17-22-27-26(31)28-25(30)23-18-20-24(29)21-19-23/h18-21,29H,2-17,22H2,1H3,(H2,27,28,30,31). The van der Waals surface area contributed by atoms with Gasteiger partial charge in [-0.2, -0.15) is 0 Å². The molecular weight excluding hydrogens is 388 g/mol. The molecule has 0 atom stereocenters. The van der Waals surface area contributed by atoms with Crippen LogP contribution in [0.25, 0.3) is 0 Å². The van der Waals surface area contributed by atoms with Crippen LogP contribution < -0.4 is 10.6 Å². The topological polar surface area (TPSA) is 78.4 Å². The van der Waals surface area contributed by atoms with Gasteiger partial charge in [-0.15, -0.1) is 0 Å². The fourth-order valence-electron chi connectivity index (χ4n) is 3.71. The van der Waals surface area contributed by atoms with Gasteiger partial charge in [0.25, 0.3) is 5.91 Å². The minimum absolute atomic E-state index is 0.0875. The largest absolute Gasteiger partial charge is 0.508 e. The number of carbonyl (C=O) groups is 2. The SMILES string of the molecule is CCCCCCCCCCCCCCCCCCNC(=O)NC(=O)c1ccc(O)cc1. The fourth-order valence-corrected chi connectivity index (χ4v) is 3.71. The number of rotatable bonds is 18. The molecule has 1 aromatic carbocycles. The number of hydrogen-bond donors (Lipinski definition) is 3. The third kappa shape index (κ3) is 15.4. The summed E-state index contributed by atoms with van der Waals surface area (Å²) in [6.45, 7) is 2.85. The minimum Gasteiger partial charge on any atom is -0.508 e. The second-order valence-corrected chi connectivity index (χ2v) is 8.56. The number of unbranched alkanes of at least 4 members (excludes halogenated alkanes) is 15. The molecule has 0 spiro atoms. The molecule has 0 aliphatic carbocycles. The van der Waals surface area contributed by atoms with Gasteiger partial charge in [-0.1, -0.05) is 103 Å². The predicted molar refractivity (Wildman–Crippen MR) is 129 cm³/mol. The van der Waals surface area contributed by atoms with Gasteiger partial charge in [0.15, 0.2) is 0 Å². The van der Waals surface area contributed by atoms with Gasteiger partial charge in [0, 0.05) is 12.1 Å². The maximum absolute atomic E-state index is 11.9. The third-order valence-electron chi connectivity index (χ3n) is 5.67. The maximum atomic E-state index is 11.9. The molecule has 31 heavy (non-hydrogen) atoms. The van der Waals surface area contributed by atoms with Crippen molar-refractivity contribution >= 4 is 11.9 Å². The lowest BCUT2D eigenvalue weighted by Gasteiger charge is -2.07. The summed E-state index contributed by atoms with van der Waals surface area (Å²) in [5, 5.41) is 14.2. The Morgan fingerprint density at radius 2 is 1.10 bits per heavy atom. The van der Waals surface area contributed by atoms with Crippen LogP contribution in [0, 0.1) is 0 Å². The number of carbonyl (C=O) groups excluding carboxylic acids is 2. The van der Waals surface area contributed by atoms with Crippen LogP contribution in [-0.2, 0) is 0 Å². The van der Waals surface area contributed by atoms with Gasteiger partial charge < -0.3 is 10.4 Å². The van der Waals surface area contributed by atoms with Crippen LogP contribution in [0.15, 0.2) is 24.3 Å². The fraction of sp³-hybridized carbons (Fsp3) is 0.692. The Hall–Kier alpha value is -2.04. The molecule has 1 rings (SSSR count). The number of nitrogens with one attached hydrogen (secondary N) is 2. The quantitative estimate of drug-likeness (QED) is 0.217. The number of benzene rings is 1. The number of imide groups is 1. The van der Waals surface area contributed by atoms with E-state index in [1.165, 1.54) is 114 Å². The first-order valence-corrected chi connectivity index (χ1v) is 12.5. The van der Waals surface area contributed by atoms with Crippen LogP contribution in [-0.4, -0.2) is 23.6 Å². The molecule has 0 aliphatic rings. The van der Waals surface area contributed by atoms with Gasteiger partial charge in [0.2, 0.25) is 0 Å². The number of amides is 3. The van der Waals surface area contributed by atoms with Crippen molar-refractivity contribution in [1.29, 1.82) is 0 Å². The Kier molecular flexibility index (Phi) is 16.3. The van der Waals surface area contributed by atoms with E-state index in [1.807, 2.05) is 0 Å². The average molecular weight is 433 g/mol. The highest BCUT2D eigenvalue weighted by atomic mass is 16.3. The normalized spacial score (nSPS) is 10.7. The predicted octanol–water partition coefficient (Wildman–Crippen LogP) is 7.09. The summed E-state index contributed by atoms with van der Waals surface area (Å²) >= 11 is 0. The van der Waals surface area contributed by atoms with Crippen LogP contribution in [0.1, 0.15) is 120 Å². The Morgan fingerprint density at radius 3 is 1.55 bits per heavy atom. The molecule has 0 heterocycles. The van der Waals surface area contributed by atoms with Gasteiger partial charge in [-0.3, -0.25) is 10.1 Å². The lowest BCUT2D eigenvalue weighted by Crippen LogP contribution is -2.39. The number of phenolic OH excluding ortho intramolecular Hbond substituents is 1. The molecule has 0 aliphatic heterocycles. The number of aromatic hydroxyl groups is 1. The van der Waals surface area contributed by atoms with E-state index in [4.69, 9.17) is 0 Å². The van der Waals surface area contributed by atoms with Crippen molar-refractivity contribution in [1.82, 2.24) is 10.6 Å². The van der Waals surface area contributed by atoms with Gasteiger partial charge >= 0.3 is 6.03 Å². The van der Waals surface area contributed by atoms with E-state index in [9.17, 15) is 14.7 Å². The average Bonchev–Trinajstić information content (AvgIpc) is 2.76. The molecule has 0 unspecified atom stereocenters. The zero-order valence-corrected chi connectivity index (χ0v) is 19.6. The minimum atomic E-state index is -0.473. The summed E-state index contributed by atoms with van der Waals surface area (Å²) in [6, 6.07) is 5.33. The molecule has 3 N–H and O–H groups in total. The van der Waals surface area contributed by atoms with Crippen LogP contribution in [0.3, 0.4) is 0 Å². The zero-order chi connectivity index (χ0) is 22.6. The van der Waals surface area contributed by atoms with Crippen LogP contribution in [0.5, 0.6) is 5.75 Å². The molecule has 176 valence electrons. The van der Waals surface area contributed by atoms with E-state index in [2.05, 4.69) is 17.6 Å². The molecule has 0 saturated carbocycles. The summed E-state index contributed by atoms with van der Waals surface area (Å²) in [5.41, 5.74) is 0.343. The molecule has 0 bridgehead atoms. The second kappa shape index (κ2) is 18.7. The second-order valence-electron chi connectivity index (χ2n) is 8.56. The highest BCUT2D eigenvalue weighted by Gasteiger charge is 2.09. The number of phenols is 1. The molecule has 0 radical (unpaired) electrons. The monoisotopic (exact) mass is 432 g/mol. The van der Waals surface area contributed by atoms with E-state index in [1.54, 1.807) is 0 Å². The Balaban J connectivity index is 1.83. The summed E-state index contributed by atoms with van der Waals surface area (Å²) in [6.07, 6.45) is 21.1. The molecule has 0 fully saturated rings. The molecule has 3 amide bonds. The first-order valence-electron chi connectivity index (χ1n) is 12.5. The maximum Gasteiger partial charge on any atom is 0.321 e. The van der Waals surface area contributed by atoms with Crippen LogP contribution >= 0.6 is 0 Å². The van der Waals surface area contributed by atoms with Gasteiger partial charge in [0.1, 0.15) is 5.75 Å². The summed E-state index contributed by atoms with van der Waals surface area (Å²) in [4.78, 5) is 23.7. The van der Waals surface area contributed by atoms with Crippen molar-refractivity contribution in [3.63, 3.8) is 0 Å². The Bertz CT molecular complexity index is 587. The van der Waals surface area contributed by atoms with Crippen molar-refractivity contribution in [2.24, 2.45) is 0 Å². The Labute approximate surface area is 189 Å². The summed E-state index contributed by atoms with van der Waals surface area (Å²) in [7, 11) is 0. The lowest BCUT2D eigenvalue weighted by molar-refractivity contribution is 0.0964. The number of urea groups is 1. The van der Waals surface area contributed by atoms with E-state index >= 15 is 0 Å². The van der Waals surface area contributed by atoms with Crippen molar-refractivity contribution in [2.75, 3.05) is 6.54 Å². The number of hydrogen-bond acceptors (Lipinski definition) is 3. The van der Waals surface area contributed by atoms with E-state index < -0.39 is 11.9 Å². The van der Waals surface area contributed by atoms with Crippen molar-refractivity contribution < 1.29 is 14.7 Å². The van der Waals surface area contributed by atoms with Gasteiger partial charge in [0.05, 0.1) is 0 Å². The van der Waals surface area contributed by atoms with Crippen molar-refractivity contribution in [3.05, 3.63) is 29.8 Å². The summed E-state index contributed by atoms with van der Waals surface area (Å²) < 4.78 is 0. The lowest BCUT2D eigenvalue weighted by atomic mass is 10.0. The first kappa shape index (κ1) is 27.0.